The molecule has 0 bridgehead atoms. The number of aryl methyl sites for hydroxylation is 1. The molecule has 146 valence electrons. The second-order valence-corrected chi connectivity index (χ2v) is 7.53. The summed E-state index contributed by atoms with van der Waals surface area (Å²) in [5.74, 6) is -0.117. The predicted octanol–water partition coefficient (Wildman–Crippen LogP) is 4.31. The number of carbonyl (C=O) groups is 2. The molecule has 1 aliphatic carbocycles. The summed E-state index contributed by atoms with van der Waals surface area (Å²) < 4.78 is 5.44. The number of rotatable bonds is 4. The van der Waals surface area contributed by atoms with Gasteiger partial charge in [-0.15, -0.1) is 0 Å². The Morgan fingerprint density at radius 3 is 2.68 bits per heavy atom. The van der Waals surface area contributed by atoms with E-state index in [-0.39, 0.29) is 12.5 Å². The lowest BCUT2D eigenvalue weighted by Crippen LogP contribution is -2.43. The Hall–Kier alpha value is -2.82. The molecule has 2 amide bonds. The molecule has 0 aromatic heterocycles. The van der Waals surface area contributed by atoms with E-state index < -0.39 is 12.1 Å². The number of nitrogens with zero attached hydrogens (tertiary/aromatic N) is 1. The van der Waals surface area contributed by atoms with Gasteiger partial charge in [-0.25, -0.2) is 4.79 Å². The highest BCUT2D eigenvalue weighted by Crippen LogP contribution is 2.29. The van der Waals surface area contributed by atoms with E-state index in [2.05, 4.69) is 11.4 Å². The zero-order chi connectivity index (χ0) is 19.3. The molecule has 1 unspecified atom stereocenters. The van der Waals surface area contributed by atoms with Crippen LogP contribution in [0, 0.1) is 0 Å². The highest BCUT2D eigenvalue weighted by molar-refractivity contribution is 5.97. The number of nitrogens with one attached hydrogen (secondary N) is 1. The normalized spacial score (nSPS) is 18.4. The van der Waals surface area contributed by atoms with E-state index in [0.29, 0.717) is 13.0 Å². The van der Waals surface area contributed by atoms with Crippen LogP contribution >= 0.6 is 0 Å². The van der Waals surface area contributed by atoms with Gasteiger partial charge in [0.05, 0.1) is 0 Å². The van der Waals surface area contributed by atoms with Crippen LogP contribution in [0.25, 0.3) is 0 Å². The summed E-state index contributed by atoms with van der Waals surface area (Å²) in [6, 6.07) is 15.2. The molecule has 1 atom stereocenters. The molecule has 1 saturated heterocycles. The minimum absolute atomic E-state index is 0.117. The van der Waals surface area contributed by atoms with Crippen molar-refractivity contribution in [1.82, 2.24) is 4.90 Å². The molecule has 28 heavy (non-hydrogen) atoms. The standard InChI is InChI=1S/C23H26N2O3/c26-22(24-20-13-6-11-18-10-4-5-12-19(18)20)21-14-7-15-25(21)23(27)28-16-17-8-2-1-3-9-17/h1-3,6,8-9,11,13,21H,4-5,7,10,12,14-16H2,(H,24,26). The second-order valence-electron chi connectivity index (χ2n) is 7.53. The summed E-state index contributed by atoms with van der Waals surface area (Å²) in [5.41, 5.74) is 4.41. The number of hydrogen-bond donors (Lipinski definition) is 1. The smallest absolute Gasteiger partial charge is 0.410 e. The van der Waals surface area contributed by atoms with Crippen LogP contribution in [0.5, 0.6) is 0 Å². The van der Waals surface area contributed by atoms with E-state index in [4.69, 9.17) is 4.74 Å². The average molecular weight is 378 g/mol. The van der Waals surface area contributed by atoms with Gasteiger partial charge in [0.15, 0.2) is 0 Å². The molecule has 4 rings (SSSR count). The monoisotopic (exact) mass is 378 g/mol. The molecule has 1 N–H and O–H groups in total. The predicted molar refractivity (Wildman–Crippen MR) is 108 cm³/mol. The Labute approximate surface area is 165 Å². The first-order valence-electron chi connectivity index (χ1n) is 10.1. The van der Waals surface area contributed by atoms with Gasteiger partial charge in [0, 0.05) is 12.2 Å². The summed E-state index contributed by atoms with van der Waals surface area (Å²) in [5, 5.41) is 3.08. The van der Waals surface area contributed by atoms with Crippen LogP contribution in [0.1, 0.15) is 42.4 Å². The summed E-state index contributed by atoms with van der Waals surface area (Å²) in [6.45, 7) is 0.773. The van der Waals surface area contributed by atoms with Gasteiger partial charge >= 0.3 is 6.09 Å². The summed E-state index contributed by atoms with van der Waals surface area (Å²) in [4.78, 5) is 27.0. The fourth-order valence-electron chi connectivity index (χ4n) is 4.17. The van der Waals surface area contributed by atoms with Gasteiger partial charge in [0.2, 0.25) is 5.91 Å². The van der Waals surface area contributed by atoms with Crippen LogP contribution in [0.3, 0.4) is 0 Å². The van der Waals surface area contributed by atoms with E-state index in [0.717, 1.165) is 36.9 Å². The molecule has 0 spiro atoms. The van der Waals surface area contributed by atoms with Crippen molar-refractivity contribution in [2.24, 2.45) is 0 Å². The first-order chi connectivity index (χ1) is 13.7. The maximum atomic E-state index is 12.9. The Bertz CT molecular complexity index is 850. The van der Waals surface area contributed by atoms with Crippen LogP contribution in [-0.4, -0.2) is 29.5 Å². The highest BCUT2D eigenvalue weighted by Gasteiger charge is 2.35. The zero-order valence-corrected chi connectivity index (χ0v) is 16.0. The fraction of sp³-hybridized carbons (Fsp3) is 0.391. The number of hydrogen-bond acceptors (Lipinski definition) is 3. The Kier molecular flexibility index (Phi) is 5.60. The van der Waals surface area contributed by atoms with E-state index in [1.165, 1.54) is 17.5 Å². The molecule has 2 aromatic carbocycles. The summed E-state index contributed by atoms with van der Waals surface area (Å²) in [6.07, 6.45) is 5.48. The van der Waals surface area contributed by atoms with Crippen LogP contribution < -0.4 is 5.32 Å². The third-order valence-corrected chi connectivity index (χ3v) is 5.65. The van der Waals surface area contributed by atoms with Crippen molar-refractivity contribution in [1.29, 1.82) is 0 Å². The fourth-order valence-corrected chi connectivity index (χ4v) is 4.17. The van der Waals surface area contributed by atoms with Crippen molar-refractivity contribution in [3.63, 3.8) is 0 Å². The van der Waals surface area contributed by atoms with Gasteiger partial charge in [-0.1, -0.05) is 42.5 Å². The maximum absolute atomic E-state index is 12.9. The van der Waals surface area contributed by atoms with Gasteiger partial charge in [-0.3, -0.25) is 9.69 Å². The van der Waals surface area contributed by atoms with Crippen molar-refractivity contribution in [2.75, 3.05) is 11.9 Å². The molecule has 1 fully saturated rings. The van der Waals surface area contributed by atoms with Crippen LogP contribution in [0.2, 0.25) is 0 Å². The first kappa shape index (κ1) is 18.5. The minimum Gasteiger partial charge on any atom is -0.445 e. The molecule has 0 radical (unpaired) electrons. The molecule has 1 aliphatic heterocycles. The number of likely N-dealkylation sites (tertiary alicyclic amines) is 1. The third-order valence-electron chi connectivity index (χ3n) is 5.65. The lowest BCUT2D eigenvalue weighted by atomic mass is 9.90. The van der Waals surface area contributed by atoms with Crippen LogP contribution in [0.15, 0.2) is 48.5 Å². The van der Waals surface area contributed by atoms with E-state index in [1.54, 1.807) is 4.90 Å². The zero-order valence-electron chi connectivity index (χ0n) is 16.0. The number of carbonyl (C=O) groups excluding carboxylic acids is 2. The van der Waals surface area contributed by atoms with E-state index in [1.807, 2.05) is 42.5 Å². The van der Waals surface area contributed by atoms with Crippen molar-refractivity contribution < 1.29 is 14.3 Å². The van der Waals surface area contributed by atoms with E-state index in [9.17, 15) is 9.59 Å². The molecular weight excluding hydrogens is 352 g/mol. The highest BCUT2D eigenvalue weighted by atomic mass is 16.6. The first-order valence-corrected chi connectivity index (χ1v) is 10.1. The van der Waals surface area contributed by atoms with E-state index >= 15 is 0 Å². The quantitative estimate of drug-likeness (QED) is 0.863. The van der Waals surface area contributed by atoms with Gasteiger partial charge in [-0.05, 0) is 61.3 Å². The number of fused-ring (bicyclic) bond motifs is 1. The molecule has 2 aliphatic rings. The van der Waals surface area contributed by atoms with Gasteiger partial charge in [0.25, 0.3) is 0 Å². The SMILES string of the molecule is O=C(Nc1cccc2c1CCCC2)C1CCCN1C(=O)OCc1ccccc1. The third kappa shape index (κ3) is 4.03. The van der Waals surface area contributed by atoms with Crippen molar-refractivity contribution in [3.05, 3.63) is 65.2 Å². The van der Waals surface area contributed by atoms with Crippen molar-refractivity contribution in [3.8, 4) is 0 Å². The number of anilines is 1. The minimum atomic E-state index is -0.470. The summed E-state index contributed by atoms with van der Waals surface area (Å²) in [7, 11) is 0. The number of ether oxygens (including phenoxy) is 1. The van der Waals surface area contributed by atoms with Crippen molar-refractivity contribution >= 4 is 17.7 Å². The molecular formula is C23H26N2O3. The van der Waals surface area contributed by atoms with Gasteiger partial charge in [-0.2, -0.15) is 0 Å². The molecule has 5 heteroatoms. The number of benzene rings is 2. The largest absolute Gasteiger partial charge is 0.445 e. The summed E-state index contributed by atoms with van der Waals surface area (Å²) >= 11 is 0. The second kappa shape index (κ2) is 8.46. The number of amides is 2. The average Bonchev–Trinajstić information content (AvgIpc) is 3.23. The lowest BCUT2D eigenvalue weighted by molar-refractivity contribution is -0.120. The Morgan fingerprint density at radius 2 is 1.82 bits per heavy atom. The van der Waals surface area contributed by atoms with Crippen LogP contribution in [-0.2, 0) is 29.0 Å². The molecule has 2 aromatic rings. The molecule has 0 saturated carbocycles. The Balaban J connectivity index is 1.40. The Morgan fingerprint density at radius 1 is 1.00 bits per heavy atom. The molecule has 1 heterocycles. The van der Waals surface area contributed by atoms with Crippen LogP contribution in [0.4, 0.5) is 10.5 Å². The van der Waals surface area contributed by atoms with Gasteiger partial charge in [0.1, 0.15) is 12.6 Å². The van der Waals surface area contributed by atoms with Crippen molar-refractivity contribution in [2.45, 2.75) is 51.2 Å². The maximum Gasteiger partial charge on any atom is 0.410 e. The topological polar surface area (TPSA) is 58.6 Å². The van der Waals surface area contributed by atoms with Gasteiger partial charge < -0.3 is 10.1 Å². The lowest BCUT2D eigenvalue weighted by Gasteiger charge is -2.25. The molecule has 5 nitrogen and oxygen atoms in total.